The van der Waals surface area contributed by atoms with Gasteiger partial charge in [0.15, 0.2) is 6.10 Å². The number of carbonyl (C=O) groups is 6. The number of hydrogen-bond donors (Lipinski definition) is 3. The summed E-state index contributed by atoms with van der Waals surface area (Å²) in [5.74, 6) is -2.68. The average Bonchev–Trinajstić information content (AvgIpc) is 3.68. The number of nitrogens with zero attached hydrogens (tertiary/aromatic N) is 1. The van der Waals surface area contributed by atoms with Crippen LogP contribution in [0.5, 0.6) is 0 Å². The van der Waals surface area contributed by atoms with Crippen LogP contribution in [0.1, 0.15) is 226 Å². The number of phosphoric acid groups is 1. The van der Waals surface area contributed by atoms with Gasteiger partial charge in [0.1, 0.15) is 13.2 Å². The number of amides is 4. The Morgan fingerprint density at radius 1 is 0.514 bits per heavy atom. The highest BCUT2D eigenvalue weighted by Gasteiger charge is 2.27. The molecule has 18 heteroatoms. The smallest absolute Gasteiger partial charge is 0.462 e. The number of carbonyl (C=O) groups excluding carboxylic acids is 6. The Kier molecular flexibility index (Phi) is 44.1. The Morgan fingerprint density at radius 2 is 0.931 bits per heavy atom. The summed E-state index contributed by atoms with van der Waals surface area (Å²) in [6.45, 7) is 3.43. The van der Waals surface area contributed by atoms with Crippen molar-refractivity contribution < 1.29 is 66.2 Å². The Morgan fingerprint density at radius 3 is 1.42 bits per heavy atom. The molecule has 1 heterocycles. The molecule has 72 heavy (non-hydrogen) atoms. The lowest BCUT2D eigenvalue weighted by molar-refractivity contribution is -0.161. The Balaban J connectivity index is 2.33. The van der Waals surface area contributed by atoms with E-state index in [1.165, 1.54) is 141 Å². The highest BCUT2D eigenvalue weighted by atomic mass is 31.2. The Hall–Kier alpha value is -3.21. The molecule has 0 radical (unpaired) electrons. The van der Waals surface area contributed by atoms with Gasteiger partial charge < -0.3 is 34.5 Å². The molecule has 0 aliphatic carbocycles. The molecule has 2 unspecified atom stereocenters. The van der Waals surface area contributed by atoms with E-state index in [1.807, 2.05) is 0 Å². The third-order valence-corrected chi connectivity index (χ3v) is 13.4. The molecule has 1 aliphatic heterocycles. The topological polar surface area (TPSA) is 222 Å². The minimum Gasteiger partial charge on any atom is -0.462 e. The molecule has 0 aromatic heterocycles. The van der Waals surface area contributed by atoms with E-state index in [9.17, 15) is 38.2 Å². The van der Waals surface area contributed by atoms with Crippen molar-refractivity contribution in [2.24, 2.45) is 0 Å². The van der Waals surface area contributed by atoms with Gasteiger partial charge in [-0.1, -0.05) is 194 Å². The van der Waals surface area contributed by atoms with E-state index in [4.69, 9.17) is 28.0 Å². The number of nitrogens with one attached hydrogen (secondary N) is 2. The number of unbranched alkanes of at least 4 members (excludes halogenated alkanes) is 28. The molecule has 2 atom stereocenters. The molecule has 0 saturated carbocycles. The summed E-state index contributed by atoms with van der Waals surface area (Å²) in [6, 6.07) is 0. The van der Waals surface area contributed by atoms with Crippen LogP contribution in [0.4, 0.5) is 0 Å². The largest absolute Gasteiger partial charge is 0.472 e. The summed E-state index contributed by atoms with van der Waals surface area (Å²) in [6.07, 6.45) is 37.9. The van der Waals surface area contributed by atoms with Gasteiger partial charge in [-0.2, -0.15) is 0 Å². The van der Waals surface area contributed by atoms with Crippen LogP contribution in [0.15, 0.2) is 12.2 Å². The van der Waals surface area contributed by atoms with Crippen LogP contribution in [0.2, 0.25) is 0 Å². The summed E-state index contributed by atoms with van der Waals surface area (Å²) in [5.41, 5.74) is 0. The summed E-state index contributed by atoms with van der Waals surface area (Å²) in [7, 11) is -4.65. The van der Waals surface area contributed by atoms with Gasteiger partial charge in [0.05, 0.1) is 33.0 Å². The second-order valence-electron chi connectivity index (χ2n) is 19.1. The van der Waals surface area contributed by atoms with Crippen molar-refractivity contribution in [2.75, 3.05) is 65.9 Å². The van der Waals surface area contributed by atoms with Crippen molar-refractivity contribution in [3.8, 4) is 0 Å². The van der Waals surface area contributed by atoms with E-state index < -0.39 is 50.2 Å². The van der Waals surface area contributed by atoms with Crippen LogP contribution in [-0.4, -0.2) is 117 Å². The number of imide groups is 1. The van der Waals surface area contributed by atoms with Crippen LogP contribution in [-0.2, 0) is 61.3 Å². The molecular formula is C54H98N3O14P. The van der Waals surface area contributed by atoms with Gasteiger partial charge in [-0.15, -0.1) is 0 Å². The van der Waals surface area contributed by atoms with Crippen LogP contribution < -0.4 is 10.6 Å². The summed E-state index contributed by atoms with van der Waals surface area (Å²) in [4.78, 5) is 84.0. The summed E-state index contributed by atoms with van der Waals surface area (Å²) < 4.78 is 44.5. The van der Waals surface area contributed by atoms with Gasteiger partial charge >= 0.3 is 19.8 Å². The van der Waals surface area contributed by atoms with E-state index in [0.29, 0.717) is 12.8 Å². The molecule has 0 saturated heterocycles. The van der Waals surface area contributed by atoms with Crippen LogP contribution in [0, 0.1) is 0 Å². The fourth-order valence-corrected chi connectivity index (χ4v) is 8.87. The highest BCUT2D eigenvalue weighted by Crippen LogP contribution is 2.43. The fourth-order valence-electron chi connectivity index (χ4n) is 8.12. The van der Waals surface area contributed by atoms with Crippen molar-refractivity contribution in [1.29, 1.82) is 0 Å². The van der Waals surface area contributed by atoms with Gasteiger partial charge in [0.2, 0.25) is 11.8 Å². The standard InChI is InChI=1S/C54H98N3O14P/c1-3-5-7-9-11-13-15-17-19-21-23-25-27-29-31-33-53(62)68-45-48(71-54(63)34-32-30-28-26-24-22-20-18-16-14-12-10-8-6-4-2)46-70-72(64,65)69-42-39-56-50(59)47-67-44-43-66-41-38-55-49(58)37-40-57-51(60)35-36-52(57)61/h35-36,48H,3-34,37-47H2,1-2H3,(H,55,58)(H,56,59)(H,64,65). The minimum absolute atomic E-state index is 0.00918. The predicted molar refractivity (Wildman–Crippen MR) is 280 cm³/mol. The molecule has 1 aliphatic rings. The monoisotopic (exact) mass is 1040 g/mol. The lowest BCUT2D eigenvalue weighted by Gasteiger charge is -2.20. The van der Waals surface area contributed by atoms with E-state index in [1.54, 1.807) is 0 Å². The molecule has 0 aromatic rings. The van der Waals surface area contributed by atoms with E-state index >= 15 is 0 Å². The van der Waals surface area contributed by atoms with E-state index in [0.717, 1.165) is 55.6 Å². The zero-order valence-corrected chi connectivity index (χ0v) is 45.7. The van der Waals surface area contributed by atoms with Crippen LogP contribution >= 0.6 is 7.82 Å². The van der Waals surface area contributed by atoms with Crippen molar-refractivity contribution >= 4 is 43.4 Å². The summed E-state index contributed by atoms with van der Waals surface area (Å²) >= 11 is 0. The maximum Gasteiger partial charge on any atom is 0.472 e. The number of hydrogen-bond acceptors (Lipinski definition) is 13. The van der Waals surface area contributed by atoms with E-state index in [-0.39, 0.29) is 84.4 Å². The second kappa shape index (κ2) is 47.5. The maximum absolute atomic E-state index is 12.8. The molecule has 1 rings (SSSR count). The van der Waals surface area contributed by atoms with Crippen LogP contribution in [0.3, 0.4) is 0 Å². The first-order valence-electron chi connectivity index (χ1n) is 28.2. The van der Waals surface area contributed by atoms with Crippen LogP contribution in [0.25, 0.3) is 0 Å². The Labute approximate surface area is 433 Å². The molecule has 0 spiro atoms. The zero-order chi connectivity index (χ0) is 52.6. The van der Waals surface area contributed by atoms with Gasteiger partial charge in [0.25, 0.3) is 11.8 Å². The molecule has 17 nitrogen and oxygen atoms in total. The second-order valence-corrected chi connectivity index (χ2v) is 20.5. The molecule has 4 amide bonds. The first kappa shape index (κ1) is 66.8. The molecule has 0 aromatic carbocycles. The van der Waals surface area contributed by atoms with Crippen molar-refractivity contribution in [3.63, 3.8) is 0 Å². The van der Waals surface area contributed by atoms with Crippen molar-refractivity contribution in [2.45, 2.75) is 232 Å². The number of phosphoric ester groups is 1. The first-order valence-corrected chi connectivity index (χ1v) is 29.7. The molecule has 0 fully saturated rings. The SMILES string of the molecule is CCCCCCCCCCCCCCCCCC(=O)OCC(COP(=O)(O)OCCNC(=O)COCCOCCNC(=O)CCN1C(=O)C=CC1=O)OC(=O)CCCCCCCCCCCCCCCCC. The first-order chi connectivity index (χ1) is 35.0. The van der Waals surface area contributed by atoms with Gasteiger partial charge in [0, 0.05) is 51.0 Å². The average molecular weight is 1040 g/mol. The molecule has 0 bridgehead atoms. The van der Waals surface area contributed by atoms with Gasteiger partial charge in [-0.05, 0) is 12.8 Å². The highest BCUT2D eigenvalue weighted by molar-refractivity contribution is 7.47. The minimum atomic E-state index is -4.65. The lowest BCUT2D eigenvalue weighted by atomic mass is 10.0. The summed E-state index contributed by atoms with van der Waals surface area (Å²) in [5, 5.41) is 5.12. The lowest BCUT2D eigenvalue weighted by Crippen LogP contribution is -2.35. The number of ether oxygens (including phenoxy) is 4. The molecule has 3 N–H and O–H groups in total. The Bertz CT molecular complexity index is 1480. The molecule has 418 valence electrons. The van der Waals surface area contributed by atoms with Crippen molar-refractivity contribution in [3.05, 3.63) is 12.2 Å². The quantitative estimate of drug-likeness (QED) is 0.0223. The predicted octanol–water partition coefficient (Wildman–Crippen LogP) is 10.7. The number of rotatable bonds is 53. The molecular weight excluding hydrogens is 946 g/mol. The van der Waals surface area contributed by atoms with Crippen molar-refractivity contribution in [1.82, 2.24) is 15.5 Å². The third-order valence-electron chi connectivity index (χ3n) is 12.4. The van der Waals surface area contributed by atoms with Gasteiger partial charge in [-0.25, -0.2) is 4.57 Å². The van der Waals surface area contributed by atoms with E-state index in [2.05, 4.69) is 24.5 Å². The normalized spacial score (nSPS) is 13.6. The zero-order valence-electron chi connectivity index (χ0n) is 44.8. The van der Waals surface area contributed by atoms with Gasteiger partial charge in [-0.3, -0.25) is 42.7 Å². The fraction of sp³-hybridized carbons (Fsp3) is 0.852. The maximum atomic E-state index is 12.8. The third kappa shape index (κ3) is 42.2. The number of esters is 2.